The molecule has 0 aliphatic carbocycles. The van der Waals surface area contributed by atoms with Crippen LogP contribution in [0.2, 0.25) is 0 Å². The maximum Gasteiger partial charge on any atom is 0.162 e. The molecule has 0 saturated heterocycles. The van der Waals surface area contributed by atoms with Crippen molar-refractivity contribution in [2.45, 2.75) is 20.3 Å². The van der Waals surface area contributed by atoms with Gasteiger partial charge in [0.2, 0.25) is 0 Å². The second kappa shape index (κ2) is 4.97. The number of carbonyl (C=O) groups is 1. The van der Waals surface area contributed by atoms with Crippen molar-refractivity contribution in [1.82, 2.24) is 4.98 Å². The molecule has 3 aromatic rings. The number of aromatic nitrogens is 1. The van der Waals surface area contributed by atoms with Crippen LogP contribution in [0.1, 0.15) is 29.3 Å². The van der Waals surface area contributed by atoms with Gasteiger partial charge in [-0.3, -0.25) is 4.79 Å². The van der Waals surface area contributed by atoms with Crippen LogP contribution in [-0.4, -0.2) is 10.8 Å². The van der Waals surface area contributed by atoms with Gasteiger partial charge in [0.15, 0.2) is 5.78 Å². The summed E-state index contributed by atoms with van der Waals surface area (Å²) in [5.74, 6) is 0.183. The molecule has 2 nitrogen and oxygen atoms in total. The zero-order valence-corrected chi connectivity index (χ0v) is 11.7. The number of aromatic amines is 1. The monoisotopic (exact) mass is 263 g/mol. The van der Waals surface area contributed by atoms with Crippen LogP contribution in [0, 0.1) is 6.92 Å². The number of aryl methyl sites for hydroxylation is 1. The number of hydrogen-bond donors (Lipinski definition) is 1. The molecule has 1 aromatic heterocycles. The van der Waals surface area contributed by atoms with Gasteiger partial charge in [-0.05, 0) is 30.2 Å². The second-order valence-electron chi connectivity index (χ2n) is 5.11. The summed E-state index contributed by atoms with van der Waals surface area (Å²) in [5.41, 5.74) is 5.38. The largest absolute Gasteiger partial charge is 0.361 e. The van der Waals surface area contributed by atoms with E-state index in [2.05, 4.69) is 36.2 Å². The van der Waals surface area contributed by atoms with Gasteiger partial charge in [-0.15, -0.1) is 0 Å². The van der Waals surface area contributed by atoms with Gasteiger partial charge in [0.05, 0.1) is 0 Å². The highest BCUT2D eigenvalue weighted by Gasteiger charge is 2.09. The Kier molecular flexibility index (Phi) is 3.15. The molecule has 3 rings (SSSR count). The molecule has 0 fully saturated rings. The fourth-order valence-electron chi connectivity index (χ4n) is 2.54. The van der Waals surface area contributed by atoms with Crippen molar-refractivity contribution >= 4 is 16.7 Å². The molecule has 2 aromatic carbocycles. The molecule has 0 bridgehead atoms. The number of fused-ring (bicyclic) bond motifs is 1. The third-order valence-electron chi connectivity index (χ3n) is 3.65. The van der Waals surface area contributed by atoms with Gasteiger partial charge in [0.1, 0.15) is 0 Å². The molecule has 100 valence electrons. The van der Waals surface area contributed by atoms with Crippen LogP contribution in [0.5, 0.6) is 0 Å². The Balaban J connectivity index is 2.13. The highest BCUT2D eigenvalue weighted by Crippen LogP contribution is 2.29. The summed E-state index contributed by atoms with van der Waals surface area (Å²) in [5, 5.41) is 1.19. The first-order valence-electron chi connectivity index (χ1n) is 6.90. The topological polar surface area (TPSA) is 32.9 Å². The summed E-state index contributed by atoms with van der Waals surface area (Å²) in [7, 11) is 0. The maximum absolute atomic E-state index is 11.8. The van der Waals surface area contributed by atoms with E-state index >= 15 is 0 Å². The molecule has 0 spiro atoms. The molecule has 0 radical (unpaired) electrons. The minimum Gasteiger partial charge on any atom is -0.361 e. The van der Waals surface area contributed by atoms with Crippen LogP contribution in [0.3, 0.4) is 0 Å². The molecule has 0 atom stereocenters. The minimum absolute atomic E-state index is 0.183. The first-order chi connectivity index (χ1) is 9.69. The Morgan fingerprint density at radius 2 is 2.00 bits per heavy atom. The average molecular weight is 263 g/mol. The Bertz CT molecular complexity index is 783. The van der Waals surface area contributed by atoms with Gasteiger partial charge in [-0.2, -0.15) is 0 Å². The molecule has 0 amide bonds. The van der Waals surface area contributed by atoms with E-state index in [0.717, 1.165) is 22.2 Å². The zero-order valence-electron chi connectivity index (χ0n) is 11.7. The zero-order chi connectivity index (χ0) is 14.1. The van der Waals surface area contributed by atoms with Crippen molar-refractivity contribution in [3.8, 4) is 11.1 Å². The smallest absolute Gasteiger partial charge is 0.162 e. The van der Waals surface area contributed by atoms with Crippen molar-refractivity contribution in [2.75, 3.05) is 0 Å². The summed E-state index contributed by atoms with van der Waals surface area (Å²) in [4.78, 5) is 15.1. The fraction of sp³-hybridized carbons (Fsp3) is 0.167. The van der Waals surface area contributed by atoms with E-state index in [-0.39, 0.29) is 5.78 Å². The number of benzene rings is 2. The molecule has 0 aliphatic rings. The van der Waals surface area contributed by atoms with E-state index in [1.807, 2.05) is 31.3 Å². The molecule has 0 saturated carbocycles. The Hall–Kier alpha value is -2.35. The Morgan fingerprint density at radius 3 is 2.80 bits per heavy atom. The highest BCUT2D eigenvalue weighted by atomic mass is 16.1. The number of hydrogen-bond acceptors (Lipinski definition) is 1. The van der Waals surface area contributed by atoms with E-state index in [9.17, 15) is 4.79 Å². The van der Waals surface area contributed by atoms with Gasteiger partial charge in [0, 0.05) is 34.6 Å². The lowest BCUT2D eigenvalue weighted by atomic mass is 10.00. The van der Waals surface area contributed by atoms with E-state index in [4.69, 9.17) is 0 Å². The van der Waals surface area contributed by atoms with Gasteiger partial charge in [-0.25, -0.2) is 0 Å². The molecule has 1 heterocycles. The lowest BCUT2D eigenvalue weighted by molar-refractivity contribution is 0.0988. The Labute approximate surface area is 118 Å². The average Bonchev–Trinajstić information content (AvgIpc) is 2.89. The molecule has 20 heavy (non-hydrogen) atoms. The van der Waals surface area contributed by atoms with Gasteiger partial charge < -0.3 is 4.98 Å². The predicted molar refractivity (Wildman–Crippen MR) is 83.1 cm³/mol. The first-order valence-corrected chi connectivity index (χ1v) is 6.90. The van der Waals surface area contributed by atoms with Gasteiger partial charge >= 0.3 is 0 Å². The van der Waals surface area contributed by atoms with E-state index < -0.39 is 0 Å². The summed E-state index contributed by atoms with van der Waals surface area (Å²) in [6.07, 6.45) is 2.55. The number of carbonyl (C=O) groups excluding carboxylic acids is 1. The molecule has 0 aliphatic heterocycles. The Morgan fingerprint density at radius 1 is 1.15 bits per heavy atom. The predicted octanol–water partition coefficient (Wildman–Crippen LogP) is 4.74. The van der Waals surface area contributed by atoms with Gasteiger partial charge in [-0.1, -0.05) is 37.3 Å². The van der Waals surface area contributed by atoms with Crippen molar-refractivity contribution in [3.63, 3.8) is 0 Å². The van der Waals surface area contributed by atoms with Crippen LogP contribution in [-0.2, 0) is 0 Å². The van der Waals surface area contributed by atoms with Crippen LogP contribution in [0.25, 0.3) is 22.0 Å². The lowest BCUT2D eigenvalue weighted by Crippen LogP contribution is -1.95. The van der Waals surface area contributed by atoms with E-state index in [1.54, 1.807) is 0 Å². The fourth-order valence-corrected chi connectivity index (χ4v) is 2.54. The van der Waals surface area contributed by atoms with E-state index in [1.165, 1.54) is 10.9 Å². The molecule has 0 unspecified atom stereocenters. The number of H-pyrrole nitrogens is 1. The van der Waals surface area contributed by atoms with Crippen molar-refractivity contribution in [3.05, 3.63) is 59.8 Å². The number of Topliss-reactive ketones (excluding diaryl/α,β-unsaturated/α-hetero) is 1. The third-order valence-corrected chi connectivity index (χ3v) is 3.65. The van der Waals surface area contributed by atoms with Crippen molar-refractivity contribution < 1.29 is 4.79 Å². The van der Waals surface area contributed by atoms with Crippen molar-refractivity contribution in [2.24, 2.45) is 0 Å². The molecule has 1 N–H and O–H groups in total. The van der Waals surface area contributed by atoms with Crippen molar-refractivity contribution in [1.29, 1.82) is 0 Å². The highest BCUT2D eigenvalue weighted by molar-refractivity contribution is 6.00. The third kappa shape index (κ3) is 2.14. The molecular formula is C18H17NO. The van der Waals surface area contributed by atoms with Crippen LogP contribution < -0.4 is 0 Å². The van der Waals surface area contributed by atoms with Gasteiger partial charge in [0.25, 0.3) is 0 Å². The standard InChI is InChI=1S/C18H17NO/c1-3-18(20)14-6-4-5-13(10-14)16-11-19-17-9-12(2)7-8-15(16)17/h4-11,19H,3H2,1-2H3. The second-order valence-corrected chi connectivity index (χ2v) is 5.11. The first kappa shape index (κ1) is 12.7. The summed E-state index contributed by atoms with van der Waals surface area (Å²) < 4.78 is 0. The van der Waals surface area contributed by atoms with Crippen LogP contribution in [0.4, 0.5) is 0 Å². The number of nitrogens with one attached hydrogen (secondary N) is 1. The number of rotatable bonds is 3. The molecule has 2 heteroatoms. The summed E-state index contributed by atoms with van der Waals surface area (Å²) in [6, 6.07) is 14.2. The van der Waals surface area contributed by atoms with Crippen LogP contribution >= 0.6 is 0 Å². The lowest BCUT2D eigenvalue weighted by Gasteiger charge is -2.03. The van der Waals surface area contributed by atoms with Crippen LogP contribution in [0.15, 0.2) is 48.7 Å². The normalized spacial score (nSPS) is 10.9. The number of ketones is 1. The SMILES string of the molecule is CCC(=O)c1cccc(-c2c[nH]c3cc(C)ccc23)c1. The summed E-state index contributed by atoms with van der Waals surface area (Å²) in [6.45, 7) is 3.98. The quantitative estimate of drug-likeness (QED) is 0.680. The van der Waals surface area contributed by atoms with E-state index in [0.29, 0.717) is 6.42 Å². The minimum atomic E-state index is 0.183. The molecular weight excluding hydrogens is 246 g/mol. The maximum atomic E-state index is 11.8. The summed E-state index contributed by atoms with van der Waals surface area (Å²) >= 11 is 0.